The molecule has 5 heteroatoms. The minimum atomic E-state index is -1.05. The molecule has 1 unspecified atom stereocenters. The van der Waals surface area contributed by atoms with Crippen LogP contribution in [0.15, 0.2) is 0 Å². The van der Waals surface area contributed by atoms with Crippen molar-refractivity contribution < 1.29 is 19.3 Å². The first-order valence-electron chi connectivity index (χ1n) is 4.35. The van der Waals surface area contributed by atoms with E-state index in [4.69, 9.17) is 9.76 Å². The summed E-state index contributed by atoms with van der Waals surface area (Å²) in [7, 11) is -0.421. The zero-order valence-corrected chi connectivity index (χ0v) is 8.29. The third-order valence-corrected chi connectivity index (χ3v) is 2.10. The molecule has 0 fully saturated rings. The van der Waals surface area contributed by atoms with Crippen molar-refractivity contribution in [3.8, 4) is 0 Å². The van der Waals surface area contributed by atoms with Crippen LogP contribution < -0.4 is 0 Å². The van der Waals surface area contributed by atoms with Gasteiger partial charge in [0.2, 0.25) is 0 Å². The Morgan fingerprint density at radius 2 is 2.00 bits per heavy atom. The lowest BCUT2D eigenvalue weighted by Gasteiger charge is -2.26. The fourth-order valence-corrected chi connectivity index (χ4v) is 0.975. The molecule has 0 aliphatic heterocycles. The molecule has 0 aromatic carbocycles. The maximum absolute atomic E-state index is 11.4. The number of hydrogen-bond acceptors (Lipinski definition) is 3. The number of carbonyl (C=O) groups is 2. The molecular formula is C8H15BO4. The van der Waals surface area contributed by atoms with Gasteiger partial charge >= 0.3 is 7.48 Å². The molecule has 0 saturated heterocycles. The highest BCUT2D eigenvalue weighted by Crippen LogP contribution is 2.17. The van der Waals surface area contributed by atoms with Gasteiger partial charge in [-0.05, 0) is 13.3 Å². The summed E-state index contributed by atoms with van der Waals surface area (Å²) in [6.07, 6.45) is 0.858. The molecule has 0 aromatic heterocycles. The predicted molar refractivity (Wildman–Crippen MR) is 50.3 cm³/mol. The maximum Gasteiger partial charge on any atom is 0.407 e. The van der Waals surface area contributed by atoms with Crippen molar-refractivity contribution >= 4 is 19.1 Å². The summed E-state index contributed by atoms with van der Waals surface area (Å²) in [5.74, 6) is -1.11. The van der Waals surface area contributed by atoms with Gasteiger partial charge in [-0.15, -0.1) is 0 Å². The normalized spacial score (nSPS) is 14.7. The predicted octanol–water partition coefficient (Wildman–Crippen LogP) is 1.18. The van der Waals surface area contributed by atoms with Crippen LogP contribution in [0.2, 0.25) is 0 Å². The summed E-state index contributed by atoms with van der Waals surface area (Å²) in [5.41, 5.74) is -0.937. The minimum absolute atomic E-state index is 0.0590. The Morgan fingerprint density at radius 1 is 1.46 bits per heavy atom. The van der Waals surface area contributed by atoms with Crippen molar-refractivity contribution in [1.82, 2.24) is 0 Å². The first-order chi connectivity index (χ1) is 5.96. The van der Waals surface area contributed by atoms with Gasteiger partial charge in [-0.25, -0.2) is 0 Å². The number of rotatable bonds is 6. The third-order valence-electron chi connectivity index (χ3n) is 2.10. The highest BCUT2D eigenvalue weighted by atomic mass is 16.5. The number of carboxylic acid groups (broad SMARTS) is 1. The van der Waals surface area contributed by atoms with Gasteiger partial charge in [-0.2, -0.15) is 0 Å². The summed E-state index contributed by atoms with van der Waals surface area (Å²) in [4.78, 5) is 21.6. The van der Waals surface area contributed by atoms with Crippen molar-refractivity contribution in [3.05, 3.63) is 0 Å². The molecule has 0 bridgehead atoms. The van der Waals surface area contributed by atoms with Gasteiger partial charge in [0, 0.05) is 6.42 Å². The smallest absolute Gasteiger partial charge is 0.407 e. The molecule has 0 spiro atoms. The van der Waals surface area contributed by atoms with Crippen molar-refractivity contribution in [2.75, 3.05) is 0 Å². The number of hydrogen-bond donors (Lipinski definition) is 1. The Balaban J connectivity index is 4.27. The minimum Gasteiger partial charge on any atom is -0.487 e. The highest BCUT2D eigenvalue weighted by molar-refractivity contribution is 6.66. The lowest BCUT2D eigenvalue weighted by atomic mass is 9.91. The van der Waals surface area contributed by atoms with Crippen molar-refractivity contribution in [1.29, 1.82) is 0 Å². The SMILES string of the molecule is CCC(=O)C(C)(CC)OBC(=O)O. The quantitative estimate of drug-likeness (QED) is 0.632. The molecule has 4 nitrogen and oxygen atoms in total. The topological polar surface area (TPSA) is 63.6 Å². The molecule has 0 aliphatic carbocycles. The van der Waals surface area contributed by atoms with Crippen LogP contribution in [0.5, 0.6) is 0 Å². The summed E-state index contributed by atoms with van der Waals surface area (Å²) in [6, 6.07) is 0. The Morgan fingerprint density at radius 3 is 2.31 bits per heavy atom. The van der Waals surface area contributed by atoms with E-state index in [0.717, 1.165) is 0 Å². The summed E-state index contributed by atoms with van der Waals surface area (Å²) >= 11 is 0. The molecule has 1 atom stereocenters. The Kier molecular flexibility index (Phi) is 4.69. The molecule has 0 radical (unpaired) electrons. The fraction of sp³-hybridized carbons (Fsp3) is 0.750. The van der Waals surface area contributed by atoms with Crippen LogP contribution in [0, 0.1) is 0 Å². The lowest BCUT2D eigenvalue weighted by Crippen LogP contribution is -2.40. The van der Waals surface area contributed by atoms with E-state index in [0.29, 0.717) is 12.8 Å². The zero-order valence-electron chi connectivity index (χ0n) is 8.29. The fourth-order valence-electron chi connectivity index (χ4n) is 0.975. The molecule has 13 heavy (non-hydrogen) atoms. The monoisotopic (exact) mass is 186 g/mol. The van der Waals surface area contributed by atoms with Gasteiger partial charge in [0.1, 0.15) is 5.60 Å². The van der Waals surface area contributed by atoms with E-state index in [1.807, 2.05) is 0 Å². The van der Waals surface area contributed by atoms with Gasteiger partial charge in [-0.1, -0.05) is 13.8 Å². The van der Waals surface area contributed by atoms with Gasteiger partial charge in [0.05, 0.1) is 0 Å². The number of Topliss-reactive ketones (excluding diaryl/α,β-unsaturated/α-hetero) is 1. The second-order valence-electron chi connectivity index (χ2n) is 3.04. The van der Waals surface area contributed by atoms with Crippen LogP contribution in [0.1, 0.15) is 33.6 Å². The Bertz CT molecular complexity index is 204. The zero-order chi connectivity index (χ0) is 10.5. The van der Waals surface area contributed by atoms with Crippen molar-refractivity contribution in [2.24, 2.45) is 0 Å². The second-order valence-corrected chi connectivity index (χ2v) is 3.04. The van der Waals surface area contributed by atoms with E-state index in [2.05, 4.69) is 0 Å². The second kappa shape index (κ2) is 5.02. The maximum atomic E-state index is 11.4. The van der Waals surface area contributed by atoms with Gasteiger partial charge in [0.25, 0.3) is 5.87 Å². The van der Waals surface area contributed by atoms with Gasteiger partial charge in [0.15, 0.2) is 5.78 Å². The molecule has 0 saturated carbocycles. The third kappa shape index (κ3) is 3.59. The van der Waals surface area contributed by atoms with Crippen LogP contribution in [-0.2, 0) is 9.45 Å². The van der Waals surface area contributed by atoms with E-state index in [1.54, 1.807) is 20.8 Å². The molecule has 0 amide bonds. The van der Waals surface area contributed by atoms with Crippen molar-refractivity contribution in [2.45, 2.75) is 39.2 Å². The van der Waals surface area contributed by atoms with E-state index < -0.39 is 19.0 Å². The van der Waals surface area contributed by atoms with E-state index in [9.17, 15) is 9.59 Å². The largest absolute Gasteiger partial charge is 0.487 e. The first-order valence-corrected chi connectivity index (χ1v) is 4.35. The molecule has 74 valence electrons. The summed E-state index contributed by atoms with van der Waals surface area (Å²) in [6.45, 7) is 5.16. The Hall–Kier alpha value is -0.835. The average Bonchev–Trinajstić information content (AvgIpc) is 2.12. The van der Waals surface area contributed by atoms with E-state index in [1.165, 1.54) is 0 Å². The van der Waals surface area contributed by atoms with Crippen LogP contribution in [0.25, 0.3) is 0 Å². The summed E-state index contributed by atoms with van der Waals surface area (Å²) < 4.78 is 5.04. The van der Waals surface area contributed by atoms with Gasteiger partial charge in [-0.3, -0.25) is 9.59 Å². The van der Waals surface area contributed by atoms with Crippen LogP contribution in [0.3, 0.4) is 0 Å². The molecule has 0 aromatic rings. The number of carbonyl (C=O) groups excluding carboxylic acids is 1. The van der Waals surface area contributed by atoms with Crippen LogP contribution in [-0.4, -0.2) is 29.8 Å². The van der Waals surface area contributed by atoms with E-state index in [-0.39, 0.29) is 5.78 Å². The van der Waals surface area contributed by atoms with Crippen LogP contribution >= 0.6 is 0 Å². The van der Waals surface area contributed by atoms with E-state index >= 15 is 0 Å². The number of ketones is 1. The van der Waals surface area contributed by atoms with Gasteiger partial charge < -0.3 is 9.76 Å². The molecule has 0 heterocycles. The lowest BCUT2D eigenvalue weighted by molar-refractivity contribution is -0.133. The standard InChI is InChI=1S/C8H15BO4/c1-4-6(10)8(3,5-2)13-9-7(11)12/h9H,4-5H2,1-3H3,(H,11,12). The average molecular weight is 186 g/mol. The van der Waals surface area contributed by atoms with Crippen LogP contribution in [0.4, 0.5) is 4.79 Å². The van der Waals surface area contributed by atoms with Crippen molar-refractivity contribution in [3.63, 3.8) is 0 Å². The Labute approximate surface area is 78.5 Å². The molecule has 0 aliphatic rings. The summed E-state index contributed by atoms with van der Waals surface area (Å²) in [5, 5.41) is 8.39. The molecule has 1 N–H and O–H groups in total. The first kappa shape index (κ1) is 12.2. The molecule has 0 rings (SSSR count). The highest BCUT2D eigenvalue weighted by Gasteiger charge is 2.31. The molecular weight excluding hydrogens is 171 g/mol.